The number of rotatable bonds is 3. The number of hydrogen-bond acceptors (Lipinski definition) is 1. The van der Waals surface area contributed by atoms with Crippen molar-refractivity contribution >= 4 is 5.97 Å². The molecule has 1 aromatic rings. The Hall–Kier alpha value is -1.59. The number of hydrogen-bond donors (Lipinski definition) is 1. The Balaban J connectivity index is 3.08. The minimum atomic E-state index is -3.78. The van der Waals surface area contributed by atoms with E-state index in [1.807, 2.05) is 0 Å². The van der Waals surface area contributed by atoms with Crippen LogP contribution in [0.2, 0.25) is 0 Å². The molecule has 1 N–H and O–H groups in total. The Bertz CT molecular complexity index is 369. The van der Waals surface area contributed by atoms with Crippen LogP contribution >= 0.6 is 0 Å². The average Bonchev–Trinajstić information content (AvgIpc) is 1.99. The van der Waals surface area contributed by atoms with E-state index >= 15 is 0 Å². The van der Waals surface area contributed by atoms with Crippen molar-refractivity contribution in [3.63, 3.8) is 0 Å². The van der Waals surface area contributed by atoms with Gasteiger partial charge in [0.15, 0.2) is 0 Å². The number of benzene rings is 1. The molecule has 0 fully saturated rings. The normalized spacial score (nSPS) is 11.5. The molecule has 0 heterocycles. The van der Waals surface area contributed by atoms with E-state index in [0.717, 1.165) is 0 Å². The lowest BCUT2D eigenvalue weighted by molar-refractivity contribution is -0.145. The lowest BCUT2D eigenvalue weighted by Crippen LogP contribution is -2.18. The topological polar surface area (TPSA) is 37.3 Å². The van der Waals surface area contributed by atoms with Gasteiger partial charge in [-0.3, -0.25) is 4.79 Å². The zero-order valence-corrected chi connectivity index (χ0v) is 7.31. The summed E-state index contributed by atoms with van der Waals surface area (Å²) in [6, 6.07) is 1.25. The Morgan fingerprint density at radius 1 is 1.20 bits per heavy atom. The van der Waals surface area contributed by atoms with Gasteiger partial charge in [-0.15, -0.1) is 0 Å². The molecule has 0 atom stereocenters. The van der Waals surface area contributed by atoms with Crippen molar-refractivity contribution in [2.75, 3.05) is 0 Å². The SMILES string of the molecule is O=C(O)CC(F)(F)c1cc(F)cc(F)c1. The quantitative estimate of drug-likeness (QED) is 0.798. The van der Waals surface area contributed by atoms with Gasteiger partial charge in [0.25, 0.3) is 5.92 Å². The van der Waals surface area contributed by atoms with E-state index in [-0.39, 0.29) is 0 Å². The summed E-state index contributed by atoms with van der Waals surface area (Å²) in [5, 5.41) is 8.18. The zero-order valence-electron chi connectivity index (χ0n) is 7.31. The van der Waals surface area contributed by atoms with Gasteiger partial charge >= 0.3 is 5.97 Å². The monoisotopic (exact) mass is 222 g/mol. The minimum absolute atomic E-state index is 0.409. The molecule has 0 amide bonds. The third-order valence-corrected chi connectivity index (χ3v) is 1.66. The first-order valence-electron chi connectivity index (χ1n) is 3.87. The summed E-state index contributed by atoms with van der Waals surface area (Å²) in [5.74, 6) is -7.87. The second-order valence-corrected chi connectivity index (χ2v) is 2.93. The largest absolute Gasteiger partial charge is 0.481 e. The van der Waals surface area contributed by atoms with Crippen molar-refractivity contribution in [2.45, 2.75) is 12.3 Å². The summed E-state index contributed by atoms with van der Waals surface area (Å²) in [7, 11) is 0. The molecule has 0 spiro atoms. The predicted molar refractivity (Wildman–Crippen MR) is 42.5 cm³/mol. The van der Waals surface area contributed by atoms with E-state index in [2.05, 4.69) is 0 Å². The Morgan fingerprint density at radius 2 is 1.67 bits per heavy atom. The van der Waals surface area contributed by atoms with Gasteiger partial charge in [0, 0.05) is 11.6 Å². The second kappa shape index (κ2) is 3.88. The fourth-order valence-electron chi connectivity index (χ4n) is 1.06. The molecular weight excluding hydrogens is 216 g/mol. The Kier molecular flexibility index (Phi) is 2.97. The molecular formula is C9H6F4O2. The summed E-state index contributed by atoms with van der Waals surface area (Å²) in [6.07, 6.45) is -1.50. The summed E-state index contributed by atoms with van der Waals surface area (Å²) < 4.78 is 51.3. The van der Waals surface area contributed by atoms with Crippen LogP contribution in [-0.4, -0.2) is 11.1 Å². The standard InChI is InChI=1S/C9H6F4O2/c10-6-1-5(2-7(11)3-6)9(12,13)4-8(14)15/h1-3H,4H2,(H,14,15). The van der Waals surface area contributed by atoms with Gasteiger partial charge in [0.05, 0.1) is 0 Å². The van der Waals surface area contributed by atoms with Crippen molar-refractivity contribution in [3.05, 3.63) is 35.4 Å². The van der Waals surface area contributed by atoms with Crippen LogP contribution in [0, 0.1) is 11.6 Å². The molecule has 0 radical (unpaired) electrons. The third-order valence-electron chi connectivity index (χ3n) is 1.66. The van der Waals surface area contributed by atoms with Crippen LogP contribution in [0.15, 0.2) is 18.2 Å². The molecule has 0 aromatic heterocycles. The maximum absolute atomic E-state index is 13.1. The highest BCUT2D eigenvalue weighted by atomic mass is 19.3. The van der Waals surface area contributed by atoms with Crippen LogP contribution in [-0.2, 0) is 10.7 Å². The van der Waals surface area contributed by atoms with E-state index in [4.69, 9.17) is 5.11 Å². The van der Waals surface area contributed by atoms with Crippen molar-refractivity contribution in [1.29, 1.82) is 0 Å². The van der Waals surface area contributed by atoms with Gasteiger partial charge in [-0.25, -0.2) is 17.6 Å². The van der Waals surface area contributed by atoms with Crippen molar-refractivity contribution in [2.24, 2.45) is 0 Å². The van der Waals surface area contributed by atoms with Crippen LogP contribution in [0.5, 0.6) is 0 Å². The summed E-state index contributed by atoms with van der Waals surface area (Å²) >= 11 is 0. The first-order chi connectivity index (χ1) is 6.81. The molecule has 82 valence electrons. The van der Waals surface area contributed by atoms with Gasteiger partial charge in [-0.1, -0.05) is 0 Å². The predicted octanol–water partition coefficient (Wildman–Crippen LogP) is 2.53. The van der Waals surface area contributed by atoms with Gasteiger partial charge in [0.1, 0.15) is 18.1 Å². The van der Waals surface area contributed by atoms with Gasteiger partial charge in [-0.05, 0) is 12.1 Å². The molecule has 1 aromatic carbocycles. The lowest BCUT2D eigenvalue weighted by atomic mass is 10.1. The Morgan fingerprint density at radius 3 is 2.07 bits per heavy atom. The average molecular weight is 222 g/mol. The zero-order chi connectivity index (χ0) is 11.6. The highest BCUT2D eigenvalue weighted by molar-refractivity contribution is 5.68. The highest BCUT2D eigenvalue weighted by Crippen LogP contribution is 2.32. The van der Waals surface area contributed by atoms with Crippen LogP contribution < -0.4 is 0 Å². The molecule has 0 aliphatic carbocycles. The smallest absolute Gasteiger partial charge is 0.309 e. The number of halogens is 4. The molecule has 0 aliphatic heterocycles. The van der Waals surface area contributed by atoms with E-state index in [0.29, 0.717) is 18.2 Å². The Labute approximate surface area is 82.1 Å². The number of carboxylic acid groups (broad SMARTS) is 1. The first-order valence-corrected chi connectivity index (χ1v) is 3.87. The summed E-state index contributed by atoms with van der Waals surface area (Å²) in [4.78, 5) is 10.1. The maximum atomic E-state index is 13.1. The van der Waals surface area contributed by atoms with Crippen molar-refractivity contribution in [1.82, 2.24) is 0 Å². The van der Waals surface area contributed by atoms with E-state index < -0.39 is 35.5 Å². The van der Waals surface area contributed by atoms with Gasteiger partial charge < -0.3 is 5.11 Å². The fraction of sp³-hybridized carbons (Fsp3) is 0.222. The molecule has 15 heavy (non-hydrogen) atoms. The molecule has 0 aliphatic rings. The van der Waals surface area contributed by atoms with E-state index in [1.54, 1.807) is 0 Å². The molecule has 0 unspecified atom stereocenters. The van der Waals surface area contributed by atoms with Crippen LogP contribution in [0.25, 0.3) is 0 Å². The van der Waals surface area contributed by atoms with Gasteiger partial charge in [-0.2, -0.15) is 0 Å². The van der Waals surface area contributed by atoms with Gasteiger partial charge in [0.2, 0.25) is 0 Å². The van der Waals surface area contributed by atoms with E-state index in [9.17, 15) is 22.4 Å². The first kappa shape index (κ1) is 11.5. The molecule has 1 rings (SSSR count). The van der Waals surface area contributed by atoms with Crippen LogP contribution in [0.4, 0.5) is 17.6 Å². The third kappa shape index (κ3) is 2.93. The molecule has 2 nitrogen and oxygen atoms in total. The molecule has 0 saturated heterocycles. The number of aliphatic carboxylic acids is 1. The fourth-order valence-corrected chi connectivity index (χ4v) is 1.06. The van der Waals surface area contributed by atoms with Crippen molar-refractivity contribution < 1.29 is 27.5 Å². The van der Waals surface area contributed by atoms with Crippen LogP contribution in [0.3, 0.4) is 0 Å². The molecule has 0 bridgehead atoms. The molecule has 0 saturated carbocycles. The van der Waals surface area contributed by atoms with Crippen LogP contribution in [0.1, 0.15) is 12.0 Å². The number of alkyl halides is 2. The lowest BCUT2D eigenvalue weighted by Gasteiger charge is -2.14. The van der Waals surface area contributed by atoms with Crippen molar-refractivity contribution in [3.8, 4) is 0 Å². The summed E-state index contributed by atoms with van der Waals surface area (Å²) in [5.41, 5.74) is -0.984. The van der Waals surface area contributed by atoms with E-state index in [1.165, 1.54) is 0 Å². The minimum Gasteiger partial charge on any atom is -0.481 e. The second-order valence-electron chi connectivity index (χ2n) is 2.93. The summed E-state index contributed by atoms with van der Waals surface area (Å²) in [6.45, 7) is 0. The molecule has 6 heteroatoms. The number of carboxylic acids is 1. The number of carbonyl (C=O) groups is 1. The maximum Gasteiger partial charge on any atom is 0.309 e. The highest BCUT2D eigenvalue weighted by Gasteiger charge is 2.35.